The topological polar surface area (TPSA) is 9.23 Å². The Kier molecular flexibility index (Phi) is 2.16. The quantitative estimate of drug-likeness (QED) is 0.526. The van der Waals surface area contributed by atoms with Gasteiger partial charge in [-0.15, -0.1) is 23.2 Å². The lowest BCUT2D eigenvalue weighted by atomic mass is 9.71. The van der Waals surface area contributed by atoms with E-state index in [2.05, 4.69) is 0 Å². The van der Waals surface area contributed by atoms with Crippen LogP contribution in [-0.2, 0) is 4.74 Å². The van der Waals surface area contributed by atoms with Crippen LogP contribution < -0.4 is 0 Å². The third-order valence-corrected chi connectivity index (χ3v) is 4.63. The maximum absolute atomic E-state index is 13.1. The summed E-state index contributed by atoms with van der Waals surface area (Å²) < 4.78 is 44.2. The second kappa shape index (κ2) is 3.09. The minimum atomic E-state index is -4.51. The van der Waals surface area contributed by atoms with Crippen LogP contribution in [0.2, 0.25) is 0 Å². The second-order valence-electron chi connectivity index (χ2n) is 4.65. The number of alkyl halides is 5. The molecule has 6 heteroatoms. The Bertz CT molecular complexity index is 354. The maximum Gasteiger partial charge on any atom is 0.420 e. The van der Waals surface area contributed by atoms with Crippen LogP contribution in [-0.4, -0.2) is 22.7 Å². The molecule has 3 aliphatic rings. The fraction of sp³-hybridized carbons (Fsp3) is 0.800. The van der Waals surface area contributed by atoms with Crippen LogP contribution in [0.3, 0.4) is 0 Å². The van der Waals surface area contributed by atoms with E-state index in [4.69, 9.17) is 27.9 Å². The van der Waals surface area contributed by atoms with E-state index in [-0.39, 0.29) is 17.9 Å². The number of rotatable bonds is 1. The third kappa shape index (κ3) is 1.08. The molecule has 5 atom stereocenters. The molecule has 2 aliphatic carbocycles. The number of hydrogen-bond acceptors (Lipinski definition) is 1. The highest BCUT2D eigenvalue weighted by atomic mass is 35.5. The maximum atomic E-state index is 13.1. The monoisotopic (exact) mass is 272 g/mol. The molecule has 90 valence electrons. The van der Waals surface area contributed by atoms with E-state index >= 15 is 0 Å². The minimum absolute atomic E-state index is 0.0922. The van der Waals surface area contributed by atoms with Gasteiger partial charge in [-0.2, -0.15) is 13.2 Å². The van der Waals surface area contributed by atoms with Gasteiger partial charge in [0.2, 0.25) is 0 Å². The van der Waals surface area contributed by atoms with Gasteiger partial charge in [0.05, 0.1) is 6.10 Å². The van der Waals surface area contributed by atoms with Gasteiger partial charge in [-0.05, 0) is 12.3 Å². The zero-order chi connectivity index (χ0) is 11.7. The number of fused-ring (bicyclic) bond motifs is 5. The summed E-state index contributed by atoms with van der Waals surface area (Å²) in [5, 5.41) is 0. The van der Waals surface area contributed by atoms with Gasteiger partial charge in [0, 0.05) is 11.8 Å². The molecule has 0 spiro atoms. The normalized spacial score (nSPS) is 49.6. The van der Waals surface area contributed by atoms with Crippen LogP contribution in [0.4, 0.5) is 13.2 Å². The van der Waals surface area contributed by atoms with E-state index in [1.807, 2.05) is 12.2 Å². The molecule has 1 unspecified atom stereocenters. The first-order valence-electron chi connectivity index (χ1n) is 5.09. The van der Waals surface area contributed by atoms with Crippen molar-refractivity contribution < 1.29 is 17.9 Å². The van der Waals surface area contributed by atoms with E-state index in [1.54, 1.807) is 0 Å². The molecule has 0 amide bonds. The van der Waals surface area contributed by atoms with Crippen LogP contribution in [0, 0.1) is 17.8 Å². The van der Waals surface area contributed by atoms with Gasteiger partial charge in [-0.1, -0.05) is 12.2 Å². The van der Waals surface area contributed by atoms with E-state index in [0.717, 1.165) is 6.42 Å². The van der Waals surface area contributed by atoms with Crippen molar-refractivity contribution in [3.05, 3.63) is 12.2 Å². The number of halogens is 5. The zero-order valence-corrected chi connectivity index (χ0v) is 9.56. The lowest BCUT2D eigenvalue weighted by Gasteiger charge is -2.56. The van der Waals surface area contributed by atoms with E-state index in [1.165, 1.54) is 0 Å². The fourth-order valence-electron chi connectivity index (χ4n) is 3.31. The highest BCUT2D eigenvalue weighted by molar-refractivity contribution is 6.45. The predicted molar refractivity (Wildman–Crippen MR) is 53.4 cm³/mol. The summed E-state index contributed by atoms with van der Waals surface area (Å²) in [5.41, 5.74) is -2.36. The minimum Gasteiger partial charge on any atom is -0.358 e. The Balaban J connectivity index is 1.98. The van der Waals surface area contributed by atoms with E-state index < -0.39 is 22.5 Å². The molecule has 1 heterocycles. The van der Waals surface area contributed by atoms with Crippen molar-refractivity contribution >= 4 is 23.2 Å². The summed E-state index contributed by atoms with van der Waals surface area (Å²) in [4.78, 5) is -1.57. The first-order valence-corrected chi connectivity index (χ1v) is 5.96. The molecule has 1 aliphatic heterocycles. The van der Waals surface area contributed by atoms with Crippen molar-refractivity contribution in [3.63, 3.8) is 0 Å². The van der Waals surface area contributed by atoms with Crippen molar-refractivity contribution in [2.24, 2.45) is 17.8 Å². The Hall–Kier alpha value is 0.0700. The molecule has 0 aromatic rings. The summed E-state index contributed by atoms with van der Waals surface area (Å²) in [6.45, 7) is 0. The van der Waals surface area contributed by atoms with Gasteiger partial charge in [-0.3, -0.25) is 0 Å². The van der Waals surface area contributed by atoms with Crippen LogP contribution in [0.5, 0.6) is 0 Å². The van der Waals surface area contributed by atoms with Crippen molar-refractivity contribution in [1.82, 2.24) is 0 Å². The standard InChI is InChI=1S/C10H9Cl2F3O/c11-8(12)9(10(13,14)15)6-4-1-2-5(3-4)7(6)16-9/h1-2,4-8H,3H2/t4-,5+,6+,7-,9?/m0/s1. The molecule has 16 heavy (non-hydrogen) atoms. The Labute approximate surface area is 101 Å². The Morgan fingerprint density at radius 1 is 1.25 bits per heavy atom. The molecule has 0 N–H and O–H groups in total. The van der Waals surface area contributed by atoms with E-state index in [9.17, 15) is 13.2 Å². The molecule has 2 bridgehead atoms. The van der Waals surface area contributed by atoms with Crippen LogP contribution >= 0.6 is 23.2 Å². The third-order valence-electron chi connectivity index (χ3n) is 3.98. The average molecular weight is 273 g/mol. The van der Waals surface area contributed by atoms with Crippen LogP contribution in [0.15, 0.2) is 12.2 Å². The summed E-state index contributed by atoms with van der Waals surface area (Å²) in [5.74, 6) is -0.592. The Morgan fingerprint density at radius 3 is 2.38 bits per heavy atom. The van der Waals surface area contributed by atoms with Crippen molar-refractivity contribution in [1.29, 1.82) is 0 Å². The lowest BCUT2D eigenvalue weighted by Crippen LogP contribution is -2.72. The first-order chi connectivity index (χ1) is 7.38. The van der Waals surface area contributed by atoms with Gasteiger partial charge in [0.15, 0.2) is 5.60 Å². The molecular weight excluding hydrogens is 264 g/mol. The molecule has 1 saturated heterocycles. The Morgan fingerprint density at radius 2 is 1.88 bits per heavy atom. The summed E-state index contributed by atoms with van der Waals surface area (Å²) in [7, 11) is 0. The highest BCUT2D eigenvalue weighted by Crippen LogP contribution is 2.65. The summed E-state index contributed by atoms with van der Waals surface area (Å²) in [6, 6.07) is 0. The molecule has 2 fully saturated rings. The van der Waals surface area contributed by atoms with Crippen molar-refractivity contribution in [2.75, 3.05) is 0 Å². The van der Waals surface area contributed by atoms with Gasteiger partial charge in [0.25, 0.3) is 0 Å². The zero-order valence-electron chi connectivity index (χ0n) is 8.05. The first kappa shape index (κ1) is 11.2. The second-order valence-corrected chi connectivity index (χ2v) is 5.74. The smallest absolute Gasteiger partial charge is 0.358 e. The number of allylic oxidation sites excluding steroid dienone is 1. The largest absolute Gasteiger partial charge is 0.420 e. The van der Waals surface area contributed by atoms with Crippen molar-refractivity contribution in [2.45, 2.75) is 29.1 Å². The molecule has 1 saturated carbocycles. The lowest BCUT2D eigenvalue weighted by molar-refractivity contribution is -0.379. The fourth-order valence-corrected chi connectivity index (χ4v) is 3.95. The molecule has 0 aromatic heterocycles. The molecule has 1 nitrogen and oxygen atoms in total. The van der Waals surface area contributed by atoms with Crippen LogP contribution in [0.1, 0.15) is 6.42 Å². The molecule has 3 rings (SSSR count). The highest BCUT2D eigenvalue weighted by Gasteiger charge is 2.77. The van der Waals surface area contributed by atoms with Crippen LogP contribution in [0.25, 0.3) is 0 Å². The number of ether oxygens (including phenoxy) is 1. The SMILES string of the molecule is FC(F)(F)C1(C(Cl)Cl)O[C@@H]2[C@H]1[C@H]1C=C[C@@H]2C1. The molecule has 0 radical (unpaired) electrons. The number of hydrogen-bond donors (Lipinski definition) is 0. The van der Waals surface area contributed by atoms with Gasteiger partial charge in [0.1, 0.15) is 4.84 Å². The van der Waals surface area contributed by atoms with Gasteiger partial charge >= 0.3 is 6.18 Å². The van der Waals surface area contributed by atoms with Gasteiger partial charge in [-0.25, -0.2) is 0 Å². The van der Waals surface area contributed by atoms with Gasteiger partial charge < -0.3 is 4.74 Å². The predicted octanol–water partition coefficient (Wildman–Crippen LogP) is 3.31. The summed E-state index contributed by atoms with van der Waals surface area (Å²) >= 11 is 11.0. The van der Waals surface area contributed by atoms with Crippen molar-refractivity contribution in [3.8, 4) is 0 Å². The van der Waals surface area contributed by atoms with E-state index in [0.29, 0.717) is 0 Å². The summed E-state index contributed by atoms with van der Waals surface area (Å²) in [6.07, 6.45) is -0.361. The molecular formula is C10H9Cl2F3O. The molecule has 0 aromatic carbocycles. The average Bonchev–Trinajstić information content (AvgIpc) is 2.56.